The SMILES string of the molecule is Cc1ccc(C(C)(C)N=[N+]=[N-])cc1C(C)(C)N=[N+]=[N-]. The summed E-state index contributed by atoms with van der Waals surface area (Å²) in [5.74, 6) is 0. The summed E-state index contributed by atoms with van der Waals surface area (Å²) in [5.41, 5.74) is 18.9. The molecule has 0 N–H and O–H groups in total. The minimum Gasteiger partial charge on any atom is -0.0831 e. The van der Waals surface area contributed by atoms with E-state index >= 15 is 0 Å². The molecule has 0 unspecified atom stereocenters. The Kier molecular flexibility index (Phi) is 4.10. The molecule has 1 aromatic carbocycles. The van der Waals surface area contributed by atoms with Crippen molar-refractivity contribution in [2.45, 2.75) is 45.7 Å². The second kappa shape index (κ2) is 5.22. The predicted octanol–water partition coefficient (Wildman–Crippen LogP) is 5.09. The highest BCUT2D eigenvalue weighted by Crippen LogP contribution is 2.33. The second-order valence-electron chi connectivity index (χ2n) is 5.53. The maximum Gasteiger partial charge on any atom is 0.0684 e. The molecule has 0 aliphatic rings. The maximum absolute atomic E-state index is 8.66. The van der Waals surface area contributed by atoms with Crippen molar-refractivity contribution in [2.75, 3.05) is 0 Å². The fourth-order valence-corrected chi connectivity index (χ4v) is 2.00. The van der Waals surface area contributed by atoms with Crippen LogP contribution in [0.25, 0.3) is 20.9 Å². The van der Waals surface area contributed by atoms with E-state index in [0.29, 0.717) is 0 Å². The van der Waals surface area contributed by atoms with Gasteiger partial charge in [-0.15, -0.1) is 0 Å². The summed E-state index contributed by atoms with van der Waals surface area (Å²) in [4.78, 5) is 5.77. The molecule has 19 heavy (non-hydrogen) atoms. The highest BCUT2D eigenvalue weighted by Gasteiger charge is 2.25. The van der Waals surface area contributed by atoms with Gasteiger partial charge < -0.3 is 0 Å². The first kappa shape index (κ1) is 14.9. The third-order valence-corrected chi connectivity index (χ3v) is 3.19. The molecule has 1 aromatic rings. The van der Waals surface area contributed by atoms with E-state index in [1.807, 2.05) is 52.8 Å². The summed E-state index contributed by atoms with van der Waals surface area (Å²) in [5, 5.41) is 7.64. The molecule has 0 amide bonds. The van der Waals surface area contributed by atoms with Crippen molar-refractivity contribution in [2.24, 2.45) is 10.2 Å². The third-order valence-electron chi connectivity index (χ3n) is 3.19. The van der Waals surface area contributed by atoms with E-state index < -0.39 is 11.1 Å². The average molecular weight is 258 g/mol. The second-order valence-corrected chi connectivity index (χ2v) is 5.53. The molecule has 0 fully saturated rings. The lowest BCUT2D eigenvalue weighted by Gasteiger charge is -2.25. The van der Waals surface area contributed by atoms with Gasteiger partial charge in [0.15, 0.2) is 0 Å². The zero-order chi connectivity index (χ0) is 14.7. The number of rotatable bonds is 4. The smallest absolute Gasteiger partial charge is 0.0684 e. The lowest BCUT2D eigenvalue weighted by Crippen LogP contribution is -2.18. The Labute approximate surface area is 112 Å². The summed E-state index contributed by atoms with van der Waals surface area (Å²) < 4.78 is 0. The summed E-state index contributed by atoms with van der Waals surface area (Å²) in [6, 6.07) is 5.83. The van der Waals surface area contributed by atoms with Gasteiger partial charge >= 0.3 is 0 Å². The van der Waals surface area contributed by atoms with Gasteiger partial charge in [-0.2, -0.15) is 0 Å². The van der Waals surface area contributed by atoms with E-state index in [1.165, 1.54) is 0 Å². The van der Waals surface area contributed by atoms with Crippen LogP contribution in [-0.2, 0) is 11.1 Å². The van der Waals surface area contributed by atoms with E-state index in [2.05, 4.69) is 20.1 Å². The third kappa shape index (κ3) is 3.19. The van der Waals surface area contributed by atoms with E-state index in [9.17, 15) is 0 Å². The minimum absolute atomic E-state index is 0.635. The van der Waals surface area contributed by atoms with Crippen LogP contribution in [0.3, 0.4) is 0 Å². The molecule has 1 rings (SSSR count). The van der Waals surface area contributed by atoms with Crippen molar-refractivity contribution < 1.29 is 0 Å². The standard InChI is InChI=1S/C13H18N6/c1-9-6-7-10(12(2,3)16-18-14)8-11(9)13(4,5)17-19-15/h6-8H,1-5H3. The molecule has 100 valence electrons. The largest absolute Gasteiger partial charge is 0.0831 e. The number of hydrogen-bond acceptors (Lipinski definition) is 2. The van der Waals surface area contributed by atoms with Crippen molar-refractivity contribution in [1.82, 2.24) is 0 Å². The lowest BCUT2D eigenvalue weighted by molar-refractivity contribution is 0.528. The van der Waals surface area contributed by atoms with Gasteiger partial charge in [-0.05, 0) is 34.7 Å². The Hall–Kier alpha value is -2.16. The molecule has 0 aliphatic carbocycles. The highest BCUT2D eigenvalue weighted by molar-refractivity contribution is 5.38. The van der Waals surface area contributed by atoms with Gasteiger partial charge in [0.05, 0.1) is 11.1 Å². The van der Waals surface area contributed by atoms with Crippen LogP contribution in [0.2, 0.25) is 0 Å². The molecule has 0 spiro atoms. The average Bonchev–Trinajstić information content (AvgIpc) is 2.28. The summed E-state index contributed by atoms with van der Waals surface area (Å²) in [7, 11) is 0. The molecule has 0 heterocycles. The Bertz CT molecular complexity index is 575. The first-order chi connectivity index (χ1) is 8.74. The zero-order valence-electron chi connectivity index (χ0n) is 11.9. The zero-order valence-corrected chi connectivity index (χ0v) is 11.9. The first-order valence-electron chi connectivity index (χ1n) is 5.99. The number of nitrogens with zero attached hydrogens (tertiary/aromatic N) is 6. The van der Waals surface area contributed by atoms with Gasteiger partial charge in [0.2, 0.25) is 0 Å². The van der Waals surface area contributed by atoms with Crippen LogP contribution >= 0.6 is 0 Å². The predicted molar refractivity (Wildman–Crippen MR) is 75.5 cm³/mol. The summed E-state index contributed by atoms with van der Waals surface area (Å²) >= 11 is 0. The van der Waals surface area contributed by atoms with Gasteiger partial charge in [0.25, 0.3) is 0 Å². The number of hydrogen-bond donors (Lipinski definition) is 0. The molecule has 6 heteroatoms. The Morgan fingerprint density at radius 1 is 0.947 bits per heavy atom. The van der Waals surface area contributed by atoms with E-state index in [-0.39, 0.29) is 0 Å². The van der Waals surface area contributed by atoms with Crippen molar-refractivity contribution in [3.05, 3.63) is 55.8 Å². The summed E-state index contributed by atoms with van der Waals surface area (Å²) in [6.45, 7) is 9.39. The van der Waals surface area contributed by atoms with Crippen LogP contribution in [-0.4, -0.2) is 0 Å². The molecular weight excluding hydrogens is 240 g/mol. The quantitative estimate of drug-likeness (QED) is 0.408. The van der Waals surface area contributed by atoms with Crippen molar-refractivity contribution in [1.29, 1.82) is 0 Å². The molecule has 0 saturated heterocycles. The number of aryl methyl sites for hydroxylation is 1. The van der Waals surface area contributed by atoms with Gasteiger partial charge in [-0.25, -0.2) is 0 Å². The molecule has 0 aromatic heterocycles. The minimum atomic E-state index is -0.638. The Morgan fingerprint density at radius 3 is 2.00 bits per heavy atom. The fourth-order valence-electron chi connectivity index (χ4n) is 2.00. The van der Waals surface area contributed by atoms with E-state index in [1.54, 1.807) is 0 Å². The van der Waals surface area contributed by atoms with Crippen molar-refractivity contribution >= 4 is 0 Å². The topological polar surface area (TPSA) is 97.5 Å². The first-order valence-corrected chi connectivity index (χ1v) is 5.99. The van der Waals surface area contributed by atoms with Crippen LogP contribution in [0.15, 0.2) is 28.4 Å². The van der Waals surface area contributed by atoms with Crippen LogP contribution in [0.4, 0.5) is 0 Å². The lowest BCUT2D eigenvalue weighted by atomic mass is 9.85. The highest BCUT2D eigenvalue weighted by atomic mass is 15.2. The summed E-state index contributed by atoms with van der Waals surface area (Å²) in [6.07, 6.45) is 0. The van der Waals surface area contributed by atoms with Crippen molar-refractivity contribution in [3.63, 3.8) is 0 Å². The number of benzene rings is 1. The fraction of sp³-hybridized carbons (Fsp3) is 0.538. The van der Waals surface area contributed by atoms with Crippen LogP contribution in [0, 0.1) is 6.92 Å². The van der Waals surface area contributed by atoms with E-state index in [0.717, 1.165) is 16.7 Å². The number of azide groups is 2. The monoisotopic (exact) mass is 258 g/mol. The van der Waals surface area contributed by atoms with Gasteiger partial charge in [0.1, 0.15) is 0 Å². The molecule has 0 atom stereocenters. The maximum atomic E-state index is 8.66. The molecule has 0 radical (unpaired) electrons. The Morgan fingerprint density at radius 2 is 1.47 bits per heavy atom. The van der Waals surface area contributed by atoms with E-state index in [4.69, 9.17) is 11.1 Å². The van der Waals surface area contributed by atoms with Gasteiger partial charge in [-0.1, -0.05) is 56.1 Å². The van der Waals surface area contributed by atoms with Crippen LogP contribution in [0.1, 0.15) is 44.4 Å². The van der Waals surface area contributed by atoms with Gasteiger partial charge in [-0.3, -0.25) is 0 Å². The molecule has 6 nitrogen and oxygen atoms in total. The molecule has 0 saturated carbocycles. The Balaban J connectivity index is 3.45. The van der Waals surface area contributed by atoms with Crippen molar-refractivity contribution in [3.8, 4) is 0 Å². The van der Waals surface area contributed by atoms with Crippen LogP contribution < -0.4 is 0 Å². The molecule has 0 bridgehead atoms. The van der Waals surface area contributed by atoms with Crippen LogP contribution in [0.5, 0.6) is 0 Å². The normalized spacial score (nSPS) is 11.4. The molecular formula is C13H18N6. The van der Waals surface area contributed by atoms with Gasteiger partial charge in [0, 0.05) is 9.82 Å². The molecule has 0 aliphatic heterocycles.